The first kappa shape index (κ1) is 15.2. The van der Waals surface area contributed by atoms with Crippen LogP contribution in [0.25, 0.3) is 5.57 Å². The summed E-state index contributed by atoms with van der Waals surface area (Å²) in [6.07, 6.45) is 2.16. The third-order valence-corrected chi connectivity index (χ3v) is 5.15. The van der Waals surface area contributed by atoms with Crippen LogP contribution in [0.4, 0.5) is 0 Å². The molecule has 3 rings (SSSR count). The molecule has 0 spiro atoms. The summed E-state index contributed by atoms with van der Waals surface area (Å²) >= 11 is 25.0. The number of allylic oxidation sites excluding steroid dienone is 2. The van der Waals surface area contributed by atoms with E-state index >= 15 is 0 Å². The van der Waals surface area contributed by atoms with E-state index in [1.54, 1.807) is 6.07 Å². The second-order valence-corrected chi connectivity index (χ2v) is 6.80. The summed E-state index contributed by atoms with van der Waals surface area (Å²) in [6.45, 7) is 2.05. The predicted molar refractivity (Wildman–Crippen MR) is 93.1 cm³/mol. The minimum atomic E-state index is -0.437. The van der Waals surface area contributed by atoms with Gasteiger partial charge < -0.3 is 0 Å². The van der Waals surface area contributed by atoms with E-state index in [1.165, 1.54) is 0 Å². The van der Waals surface area contributed by atoms with E-state index in [4.69, 9.17) is 46.4 Å². The van der Waals surface area contributed by atoms with Gasteiger partial charge in [-0.05, 0) is 53.5 Å². The molecule has 0 nitrogen and oxygen atoms in total. The molecule has 21 heavy (non-hydrogen) atoms. The van der Waals surface area contributed by atoms with Crippen molar-refractivity contribution in [3.63, 3.8) is 0 Å². The number of rotatable bonds is 2. The van der Waals surface area contributed by atoms with Crippen LogP contribution in [0.5, 0.6) is 0 Å². The van der Waals surface area contributed by atoms with Crippen LogP contribution in [0, 0.1) is 0 Å². The molecule has 2 aromatic carbocycles. The molecule has 0 amide bonds. The first-order valence-electron chi connectivity index (χ1n) is 6.49. The van der Waals surface area contributed by atoms with E-state index in [2.05, 4.69) is 13.0 Å². The van der Waals surface area contributed by atoms with Gasteiger partial charge in [0.05, 0.1) is 5.41 Å². The Morgan fingerprint density at radius 3 is 2.24 bits per heavy atom. The van der Waals surface area contributed by atoms with Gasteiger partial charge in [-0.1, -0.05) is 53.0 Å². The van der Waals surface area contributed by atoms with Crippen molar-refractivity contribution in [3.05, 3.63) is 74.2 Å². The molecule has 1 aliphatic rings. The Labute approximate surface area is 144 Å². The smallest absolute Gasteiger partial charge is 0.0543 e. The Bertz CT molecular complexity index is 731. The molecule has 0 fully saturated rings. The summed E-state index contributed by atoms with van der Waals surface area (Å²) in [6, 6.07) is 11.4. The maximum absolute atomic E-state index is 6.48. The molecule has 0 N–H and O–H groups in total. The van der Waals surface area contributed by atoms with Gasteiger partial charge in [-0.15, -0.1) is 11.6 Å². The van der Waals surface area contributed by atoms with Crippen molar-refractivity contribution in [2.24, 2.45) is 0 Å². The first-order chi connectivity index (χ1) is 9.98. The topological polar surface area (TPSA) is 0 Å². The molecule has 0 aromatic heterocycles. The van der Waals surface area contributed by atoms with Gasteiger partial charge in [-0.25, -0.2) is 0 Å². The number of hydrogen-bond donors (Lipinski definition) is 0. The standard InChI is InChI=1S/C17H12Cl4/c1-10-8-17(9-18,11-2-4-12(19)5-3-11)16-14(10)6-13(20)7-15(16)21/h2-8H,9H2,1H3/t17-/m0/s1. The van der Waals surface area contributed by atoms with Gasteiger partial charge in [0.25, 0.3) is 0 Å². The molecule has 0 bridgehead atoms. The lowest BCUT2D eigenvalue weighted by atomic mass is 9.78. The zero-order valence-corrected chi connectivity index (χ0v) is 14.3. The molecule has 0 radical (unpaired) electrons. The molecule has 108 valence electrons. The van der Waals surface area contributed by atoms with Crippen LogP contribution in [0.2, 0.25) is 15.1 Å². The van der Waals surface area contributed by atoms with Crippen molar-refractivity contribution in [1.82, 2.24) is 0 Å². The fraction of sp³-hybridized carbons (Fsp3) is 0.176. The lowest BCUT2D eigenvalue weighted by Crippen LogP contribution is -2.26. The number of alkyl halides is 1. The predicted octanol–water partition coefficient (Wildman–Crippen LogP) is 6.59. The highest BCUT2D eigenvalue weighted by Crippen LogP contribution is 2.49. The molecule has 0 heterocycles. The average Bonchev–Trinajstić information content (AvgIpc) is 2.74. The van der Waals surface area contributed by atoms with Crippen molar-refractivity contribution < 1.29 is 0 Å². The molecule has 0 saturated heterocycles. The van der Waals surface area contributed by atoms with Crippen molar-refractivity contribution in [2.45, 2.75) is 12.3 Å². The lowest BCUT2D eigenvalue weighted by Gasteiger charge is -2.28. The molecule has 0 unspecified atom stereocenters. The summed E-state index contributed by atoms with van der Waals surface area (Å²) in [4.78, 5) is 0. The molecule has 0 aliphatic heterocycles. The second kappa shape index (κ2) is 5.52. The quantitative estimate of drug-likeness (QED) is 0.532. The average molecular weight is 358 g/mol. The Morgan fingerprint density at radius 2 is 1.62 bits per heavy atom. The largest absolute Gasteiger partial charge is 0.125 e. The van der Waals surface area contributed by atoms with Gasteiger partial charge in [-0.3, -0.25) is 0 Å². The molecule has 1 atom stereocenters. The van der Waals surface area contributed by atoms with Crippen LogP contribution >= 0.6 is 46.4 Å². The van der Waals surface area contributed by atoms with Crippen LogP contribution in [-0.4, -0.2) is 5.88 Å². The Kier molecular flexibility index (Phi) is 4.00. The Morgan fingerprint density at radius 1 is 0.952 bits per heavy atom. The van der Waals surface area contributed by atoms with Gasteiger partial charge in [0, 0.05) is 20.9 Å². The van der Waals surface area contributed by atoms with Gasteiger partial charge in [-0.2, -0.15) is 0 Å². The maximum Gasteiger partial charge on any atom is 0.0543 e. The van der Waals surface area contributed by atoms with E-state index in [0.717, 1.165) is 22.3 Å². The van der Waals surface area contributed by atoms with Crippen molar-refractivity contribution in [1.29, 1.82) is 0 Å². The normalized spacial score (nSPS) is 20.3. The third kappa shape index (κ3) is 2.39. The summed E-state index contributed by atoms with van der Waals surface area (Å²) in [5.41, 5.74) is 3.84. The van der Waals surface area contributed by atoms with Gasteiger partial charge >= 0.3 is 0 Å². The van der Waals surface area contributed by atoms with E-state index in [0.29, 0.717) is 20.9 Å². The lowest BCUT2D eigenvalue weighted by molar-refractivity contribution is 0.747. The van der Waals surface area contributed by atoms with Gasteiger partial charge in [0.15, 0.2) is 0 Å². The van der Waals surface area contributed by atoms with Crippen molar-refractivity contribution >= 4 is 52.0 Å². The molecule has 0 saturated carbocycles. The maximum atomic E-state index is 6.48. The van der Waals surface area contributed by atoms with E-state index < -0.39 is 5.41 Å². The fourth-order valence-electron chi connectivity index (χ4n) is 3.02. The van der Waals surface area contributed by atoms with E-state index in [9.17, 15) is 0 Å². The van der Waals surface area contributed by atoms with Crippen LogP contribution < -0.4 is 0 Å². The van der Waals surface area contributed by atoms with Crippen LogP contribution in [0.15, 0.2) is 42.5 Å². The highest BCUT2D eigenvalue weighted by Gasteiger charge is 2.40. The second-order valence-electron chi connectivity index (χ2n) is 5.25. The van der Waals surface area contributed by atoms with Crippen LogP contribution in [0.1, 0.15) is 23.6 Å². The van der Waals surface area contributed by atoms with Crippen LogP contribution in [-0.2, 0) is 5.41 Å². The fourth-order valence-corrected chi connectivity index (χ4v) is 4.17. The molecule has 2 aromatic rings. The third-order valence-electron chi connectivity index (χ3n) is 3.96. The van der Waals surface area contributed by atoms with Gasteiger partial charge in [0.1, 0.15) is 0 Å². The van der Waals surface area contributed by atoms with Crippen LogP contribution in [0.3, 0.4) is 0 Å². The van der Waals surface area contributed by atoms with Crippen molar-refractivity contribution in [2.75, 3.05) is 5.88 Å². The van der Waals surface area contributed by atoms with E-state index in [1.807, 2.05) is 30.3 Å². The van der Waals surface area contributed by atoms with Gasteiger partial charge in [0.2, 0.25) is 0 Å². The number of hydrogen-bond acceptors (Lipinski definition) is 0. The molecular formula is C17H12Cl4. The first-order valence-corrected chi connectivity index (χ1v) is 8.16. The highest BCUT2D eigenvalue weighted by molar-refractivity contribution is 6.36. The summed E-state index contributed by atoms with van der Waals surface area (Å²) in [5, 5.41) is 1.97. The summed E-state index contributed by atoms with van der Waals surface area (Å²) in [5.74, 6) is 0.403. The number of fused-ring (bicyclic) bond motifs is 1. The summed E-state index contributed by atoms with van der Waals surface area (Å²) < 4.78 is 0. The molecular weight excluding hydrogens is 346 g/mol. The highest BCUT2D eigenvalue weighted by atomic mass is 35.5. The molecule has 4 heteroatoms. The minimum absolute atomic E-state index is 0.403. The SMILES string of the molecule is CC1=C[C@](CCl)(c2ccc(Cl)cc2)c2c(Cl)cc(Cl)cc21. The van der Waals surface area contributed by atoms with E-state index in [-0.39, 0.29) is 0 Å². The summed E-state index contributed by atoms with van der Waals surface area (Å²) in [7, 11) is 0. The molecule has 1 aliphatic carbocycles. The Hall–Kier alpha value is -0.660. The number of benzene rings is 2. The Balaban J connectivity index is 2.30. The number of halogens is 4. The zero-order valence-electron chi connectivity index (χ0n) is 11.3. The monoisotopic (exact) mass is 356 g/mol. The zero-order chi connectivity index (χ0) is 15.2. The minimum Gasteiger partial charge on any atom is -0.125 e. The van der Waals surface area contributed by atoms with Crippen molar-refractivity contribution in [3.8, 4) is 0 Å².